The van der Waals surface area contributed by atoms with Crippen molar-refractivity contribution in [2.45, 2.75) is 31.8 Å². The van der Waals surface area contributed by atoms with Gasteiger partial charge in [-0.15, -0.1) is 0 Å². The lowest BCUT2D eigenvalue weighted by atomic mass is 9.89. The Morgan fingerprint density at radius 3 is 3.18 bits per heavy atom. The van der Waals surface area contributed by atoms with Crippen molar-refractivity contribution in [2.24, 2.45) is 0 Å². The second kappa shape index (κ2) is 7.17. The number of rotatable bonds is 6. The number of aromatic amines is 1. The highest BCUT2D eigenvalue weighted by Crippen LogP contribution is 2.32. The van der Waals surface area contributed by atoms with Crippen molar-refractivity contribution < 1.29 is 9.53 Å². The van der Waals surface area contributed by atoms with Gasteiger partial charge in [-0.2, -0.15) is 15.4 Å². The number of carbonyl (C=O) groups excluding carboxylic acids is 1. The lowest BCUT2D eigenvalue weighted by Crippen LogP contribution is -2.26. The van der Waals surface area contributed by atoms with Gasteiger partial charge in [0, 0.05) is 13.2 Å². The number of nitrogens with one attached hydrogen (secondary N) is 2. The molecule has 1 aromatic heterocycles. The number of hydrogen-bond acceptors (Lipinski definition) is 4. The standard InChI is InChI=1S/C16H20N4O2/c21-16(14-11-18-20-19-14)17-9-4-10-22-15-8-3-6-12-5-1-2-7-13(12)15/h1-2,5,7,11,15H,3-4,6,8-10H2,(H,17,21)(H,18,19,20)/t15-/m0/s1. The zero-order valence-corrected chi connectivity index (χ0v) is 12.4. The monoisotopic (exact) mass is 300 g/mol. The van der Waals surface area contributed by atoms with E-state index >= 15 is 0 Å². The van der Waals surface area contributed by atoms with E-state index in [1.807, 2.05) is 0 Å². The molecule has 0 fully saturated rings. The first-order valence-electron chi connectivity index (χ1n) is 7.68. The van der Waals surface area contributed by atoms with E-state index in [0.29, 0.717) is 18.8 Å². The molecule has 2 aromatic rings. The minimum absolute atomic E-state index is 0.191. The first-order chi connectivity index (χ1) is 10.8. The Labute approximate surface area is 129 Å². The van der Waals surface area contributed by atoms with Gasteiger partial charge in [0.15, 0.2) is 5.69 Å². The lowest BCUT2D eigenvalue weighted by molar-refractivity contribution is 0.0393. The Morgan fingerprint density at radius 1 is 1.41 bits per heavy atom. The molecule has 3 rings (SSSR count). The van der Waals surface area contributed by atoms with Gasteiger partial charge in [-0.1, -0.05) is 24.3 Å². The lowest BCUT2D eigenvalue weighted by Gasteiger charge is -2.25. The second-order valence-electron chi connectivity index (χ2n) is 5.42. The summed E-state index contributed by atoms with van der Waals surface area (Å²) in [5, 5.41) is 12.6. The van der Waals surface area contributed by atoms with Crippen LogP contribution in [0.15, 0.2) is 30.5 Å². The molecule has 6 heteroatoms. The molecule has 0 aliphatic heterocycles. The highest BCUT2D eigenvalue weighted by Gasteiger charge is 2.19. The first kappa shape index (κ1) is 14.7. The summed E-state index contributed by atoms with van der Waals surface area (Å²) >= 11 is 0. The average molecular weight is 300 g/mol. The summed E-state index contributed by atoms with van der Waals surface area (Å²) < 4.78 is 6.00. The van der Waals surface area contributed by atoms with Crippen LogP contribution in [0.4, 0.5) is 0 Å². The fraction of sp³-hybridized carbons (Fsp3) is 0.438. The van der Waals surface area contributed by atoms with Crippen molar-refractivity contribution in [3.05, 3.63) is 47.3 Å². The molecule has 1 heterocycles. The quantitative estimate of drug-likeness (QED) is 0.800. The number of aryl methyl sites for hydroxylation is 1. The van der Waals surface area contributed by atoms with E-state index in [4.69, 9.17) is 4.74 Å². The van der Waals surface area contributed by atoms with Crippen LogP contribution >= 0.6 is 0 Å². The van der Waals surface area contributed by atoms with E-state index in [2.05, 4.69) is 45.0 Å². The van der Waals surface area contributed by atoms with Crippen LogP contribution in [0.25, 0.3) is 0 Å². The van der Waals surface area contributed by atoms with Crippen LogP contribution in [0.5, 0.6) is 0 Å². The molecule has 0 saturated carbocycles. The Balaban J connectivity index is 1.40. The fourth-order valence-electron chi connectivity index (χ4n) is 2.78. The molecular weight excluding hydrogens is 280 g/mol. The predicted octanol–water partition coefficient (Wildman–Crippen LogP) is 2.02. The molecule has 1 atom stereocenters. The number of nitrogens with zero attached hydrogens (tertiary/aromatic N) is 2. The molecule has 0 spiro atoms. The number of aromatic nitrogens is 3. The minimum Gasteiger partial charge on any atom is -0.373 e. The average Bonchev–Trinajstić information content (AvgIpc) is 3.09. The largest absolute Gasteiger partial charge is 0.373 e. The number of ether oxygens (including phenoxy) is 1. The van der Waals surface area contributed by atoms with Crippen LogP contribution in [0.2, 0.25) is 0 Å². The van der Waals surface area contributed by atoms with Crippen molar-refractivity contribution in [2.75, 3.05) is 13.2 Å². The molecule has 0 radical (unpaired) electrons. The normalized spacial score (nSPS) is 17.0. The van der Waals surface area contributed by atoms with Crippen LogP contribution in [-0.2, 0) is 11.2 Å². The van der Waals surface area contributed by atoms with Gasteiger partial charge in [-0.3, -0.25) is 4.79 Å². The van der Waals surface area contributed by atoms with Crippen LogP contribution in [0.3, 0.4) is 0 Å². The van der Waals surface area contributed by atoms with E-state index in [9.17, 15) is 4.79 Å². The van der Waals surface area contributed by atoms with Crippen molar-refractivity contribution in [1.82, 2.24) is 20.7 Å². The number of carbonyl (C=O) groups is 1. The minimum atomic E-state index is -0.211. The van der Waals surface area contributed by atoms with Crippen molar-refractivity contribution in [3.63, 3.8) is 0 Å². The predicted molar refractivity (Wildman–Crippen MR) is 81.4 cm³/mol. The Morgan fingerprint density at radius 2 is 2.32 bits per heavy atom. The maximum absolute atomic E-state index is 11.7. The Kier molecular flexibility index (Phi) is 4.80. The number of H-pyrrole nitrogens is 1. The van der Waals surface area contributed by atoms with Gasteiger partial charge >= 0.3 is 0 Å². The molecule has 1 aliphatic carbocycles. The topological polar surface area (TPSA) is 79.9 Å². The summed E-state index contributed by atoms with van der Waals surface area (Å²) in [6.45, 7) is 1.21. The van der Waals surface area contributed by atoms with Crippen molar-refractivity contribution in [1.29, 1.82) is 0 Å². The molecule has 0 unspecified atom stereocenters. The van der Waals surface area contributed by atoms with Crippen LogP contribution < -0.4 is 5.32 Å². The number of hydrogen-bond donors (Lipinski definition) is 2. The van der Waals surface area contributed by atoms with E-state index in [1.165, 1.54) is 23.7 Å². The molecule has 2 N–H and O–H groups in total. The van der Waals surface area contributed by atoms with Crippen LogP contribution in [-0.4, -0.2) is 34.5 Å². The highest BCUT2D eigenvalue weighted by atomic mass is 16.5. The summed E-state index contributed by atoms with van der Waals surface area (Å²) in [4.78, 5) is 11.7. The fourth-order valence-corrected chi connectivity index (χ4v) is 2.78. The summed E-state index contributed by atoms with van der Waals surface area (Å²) in [6, 6.07) is 8.49. The van der Waals surface area contributed by atoms with Gasteiger partial charge in [0.25, 0.3) is 5.91 Å². The number of amides is 1. The van der Waals surface area contributed by atoms with E-state index in [1.54, 1.807) is 0 Å². The molecule has 1 aliphatic rings. The van der Waals surface area contributed by atoms with Gasteiger partial charge in [0.1, 0.15) is 0 Å². The molecule has 6 nitrogen and oxygen atoms in total. The molecule has 1 amide bonds. The van der Waals surface area contributed by atoms with Crippen molar-refractivity contribution in [3.8, 4) is 0 Å². The second-order valence-corrected chi connectivity index (χ2v) is 5.42. The van der Waals surface area contributed by atoms with Gasteiger partial charge in [0.05, 0.1) is 12.3 Å². The van der Waals surface area contributed by atoms with Crippen LogP contribution in [0, 0.1) is 0 Å². The molecule has 22 heavy (non-hydrogen) atoms. The van der Waals surface area contributed by atoms with Gasteiger partial charge in [-0.25, -0.2) is 0 Å². The highest BCUT2D eigenvalue weighted by molar-refractivity contribution is 5.91. The van der Waals surface area contributed by atoms with Crippen LogP contribution in [0.1, 0.15) is 47.0 Å². The molecule has 116 valence electrons. The maximum atomic E-state index is 11.7. The Hall–Kier alpha value is -2.21. The zero-order valence-electron chi connectivity index (χ0n) is 12.4. The number of benzene rings is 1. The molecule has 0 bridgehead atoms. The molecular formula is C16H20N4O2. The molecule has 0 saturated heterocycles. The Bertz CT molecular complexity index is 612. The van der Waals surface area contributed by atoms with Crippen molar-refractivity contribution >= 4 is 5.91 Å². The van der Waals surface area contributed by atoms with E-state index in [0.717, 1.165) is 19.3 Å². The van der Waals surface area contributed by atoms with E-state index in [-0.39, 0.29) is 12.0 Å². The van der Waals surface area contributed by atoms with Gasteiger partial charge < -0.3 is 10.1 Å². The summed E-state index contributed by atoms with van der Waals surface area (Å²) in [5.41, 5.74) is 3.03. The summed E-state index contributed by atoms with van der Waals surface area (Å²) in [7, 11) is 0. The third kappa shape index (κ3) is 3.51. The maximum Gasteiger partial charge on any atom is 0.273 e. The molecule has 1 aromatic carbocycles. The SMILES string of the molecule is O=C(NCCCO[C@H]1CCCc2ccccc21)c1cn[nH]n1. The van der Waals surface area contributed by atoms with Gasteiger partial charge in [-0.05, 0) is 36.8 Å². The summed E-state index contributed by atoms with van der Waals surface area (Å²) in [5.74, 6) is -0.211. The third-order valence-corrected chi connectivity index (χ3v) is 3.89. The van der Waals surface area contributed by atoms with Gasteiger partial charge in [0.2, 0.25) is 0 Å². The zero-order chi connectivity index (χ0) is 15.2. The smallest absolute Gasteiger partial charge is 0.273 e. The third-order valence-electron chi connectivity index (χ3n) is 3.89. The van der Waals surface area contributed by atoms with E-state index < -0.39 is 0 Å². The summed E-state index contributed by atoms with van der Waals surface area (Å²) in [6.07, 6.45) is 5.76. The number of fused-ring (bicyclic) bond motifs is 1. The first-order valence-corrected chi connectivity index (χ1v) is 7.68.